The third-order valence-electron chi connectivity index (χ3n) is 4.96. The Balaban J connectivity index is 1.63. The highest BCUT2D eigenvalue weighted by atomic mass is 15.0. The van der Waals surface area contributed by atoms with E-state index in [9.17, 15) is 0 Å². The molecule has 3 rings (SSSR count). The standard InChI is InChI=1S/C18H27N/c1-3-10-18(11-12-18)13-19-17(16-8-9-16)15-6-4-14(2)5-7-15/h4-7,16-17,19H,3,8-13H2,1-2H3. The normalized spacial score (nSPS) is 22.2. The van der Waals surface area contributed by atoms with Crippen LogP contribution in [0, 0.1) is 18.3 Å². The topological polar surface area (TPSA) is 12.0 Å². The van der Waals surface area contributed by atoms with Crippen LogP contribution in [0.5, 0.6) is 0 Å². The van der Waals surface area contributed by atoms with Crippen molar-refractivity contribution in [3.8, 4) is 0 Å². The van der Waals surface area contributed by atoms with Gasteiger partial charge in [-0.3, -0.25) is 0 Å². The molecule has 0 spiro atoms. The van der Waals surface area contributed by atoms with Crippen molar-refractivity contribution in [3.05, 3.63) is 35.4 Å². The van der Waals surface area contributed by atoms with Crippen LogP contribution in [-0.4, -0.2) is 6.54 Å². The number of hydrogen-bond acceptors (Lipinski definition) is 1. The predicted octanol–water partition coefficient (Wildman–Crippen LogP) is 4.62. The molecule has 1 atom stereocenters. The summed E-state index contributed by atoms with van der Waals surface area (Å²) in [6.07, 6.45) is 8.45. The van der Waals surface area contributed by atoms with Crippen molar-refractivity contribution < 1.29 is 0 Å². The molecule has 2 fully saturated rings. The third kappa shape index (κ3) is 3.20. The van der Waals surface area contributed by atoms with Gasteiger partial charge in [0.2, 0.25) is 0 Å². The Morgan fingerprint density at radius 2 is 1.89 bits per heavy atom. The molecular weight excluding hydrogens is 230 g/mol. The Morgan fingerprint density at radius 3 is 2.42 bits per heavy atom. The molecule has 1 aromatic rings. The zero-order valence-electron chi connectivity index (χ0n) is 12.4. The molecule has 1 heteroatoms. The molecule has 0 bridgehead atoms. The van der Waals surface area contributed by atoms with E-state index >= 15 is 0 Å². The zero-order chi connectivity index (χ0) is 13.3. The monoisotopic (exact) mass is 257 g/mol. The van der Waals surface area contributed by atoms with Crippen molar-refractivity contribution in [2.24, 2.45) is 11.3 Å². The molecule has 1 unspecified atom stereocenters. The van der Waals surface area contributed by atoms with Crippen molar-refractivity contribution in [3.63, 3.8) is 0 Å². The van der Waals surface area contributed by atoms with E-state index in [-0.39, 0.29) is 0 Å². The summed E-state index contributed by atoms with van der Waals surface area (Å²) in [7, 11) is 0. The Morgan fingerprint density at radius 1 is 1.21 bits per heavy atom. The van der Waals surface area contributed by atoms with Crippen LogP contribution in [-0.2, 0) is 0 Å². The van der Waals surface area contributed by atoms with Gasteiger partial charge >= 0.3 is 0 Å². The average Bonchev–Trinajstić information content (AvgIpc) is 3.28. The Labute approximate surface area is 117 Å². The summed E-state index contributed by atoms with van der Waals surface area (Å²) < 4.78 is 0. The first-order valence-electron chi connectivity index (χ1n) is 8.02. The fourth-order valence-corrected chi connectivity index (χ4v) is 3.31. The van der Waals surface area contributed by atoms with Crippen LogP contribution in [0.2, 0.25) is 0 Å². The van der Waals surface area contributed by atoms with Crippen molar-refractivity contribution in [1.82, 2.24) is 5.32 Å². The highest BCUT2D eigenvalue weighted by Gasteiger charge is 2.42. The van der Waals surface area contributed by atoms with E-state index in [0.29, 0.717) is 11.5 Å². The minimum absolute atomic E-state index is 0.606. The number of hydrogen-bond donors (Lipinski definition) is 1. The first-order chi connectivity index (χ1) is 9.22. The van der Waals surface area contributed by atoms with Gasteiger partial charge in [-0.05, 0) is 55.9 Å². The van der Waals surface area contributed by atoms with Crippen LogP contribution in [0.4, 0.5) is 0 Å². The van der Waals surface area contributed by atoms with Crippen molar-refractivity contribution in [1.29, 1.82) is 0 Å². The van der Waals surface area contributed by atoms with Gasteiger partial charge in [0, 0.05) is 12.6 Å². The summed E-state index contributed by atoms with van der Waals surface area (Å²) in [6, 6.07) is 9.77. The summed E-state index contributed by atoms with van der Waals surface area (Å²) in [5.74, 6) is 0.889. The third-order valence-corrected chi connectivity index (χ3v) is 4.96. The fourth-order valence-electron chi connectivity index (χ4n) is 3.31. The van der Waals surface area contributed by atoms with Gasteiger partial charge < -0.3 is 5.32 Å². The maximum absolute atomic E-state index is 3.91. The first kappa shape index (κ1) is 13.2. The molecule has 0 aliphatic heterocycles. The highest BCUT2D eigenvalue weighted by molar-refractivity contribution is 5.25. The minimum atomic E-state index is 0.606. The number of aryl methyl sites for hydroxylation is 1. The Kier molecular flexibility index (Phi) is 3.66. The number of benzene rings is 1. The van der Waals surface area contributed by atoms with E-state index in [1.807, 2.05) is 0 Å². The van der Waals surface area contributed by atoms with Crippen molar-refractivity contribution >= 4 is 0 Å². The smallest absolute Gasteiger partial charge is 0.0348 e. The molecule has 19 heavy (non-hydrogen) atoms. The molecule has 2 saturated carbocycles. The van der Waals surface area contributed by atoms with Gasteiger partial charge in [-0.15, -0.1) is 0 Å². The Hall–Kier alpha value is -0.820. The van der Waals surface area contributed by atoms with Crippen molar-refractivity contribution in [2.75, 3.05) is 6.54 Å². The number of rotatable bonds is 7. The van der Waals surface area contributed by atoms with Gasteiger partial charge in [0.25, 0.3) is 0 Å². The molecule has 0 heterocycles. The molecule has 104 valence electrons. The SMILES string of the molecule is CCCC1(CNC(c2ccc(C)cc2)C2CC2)CC1. The van der Waals surface area contributed by atoms with Crippen LogP contribution >= 0.6 is 0 Å². The second-order valence-corrected chi connectivity index (χ2v) is 6.86. The van der Waals surface area contributed by atoms with Gasteiger partial charge in [-0.25, -0.2) is 0 Å². The molecule has 2 aliphatic carbocycles. The van der Waals surface area contributed by atoms with Crippen LogP contribution in [0.15, 0.2) is 24.3 Å². The lowest BCUT2D eigenvalue weighted by molar-refractivity contribution is 0.371. The lowest BCUT2D eigenvalue weighted by Crippen LogP contribution is -2.29. The fraction of sp³-hybridized carbons (Fsp3) is 0.667. The molecule has 0 aromatic heterocycles. The minimum Gasteiger partial charge on any atom is -0.309 e. The quantitative estimate of drug-likeness (QED) is 0.752. The van der Waals surface area contributed by atoms with Crippen LogP contribution < -0.4 is 5.32 Å². The van der Waals surface area contributed by atoms with Crippen LogP contribution in [0.1, 0.15) is 62.6 Å². The molecule has 1 nitrogen and oxygen atoms in total. The van der Waals surface area contributed by atoms with E-state index < -0.39 is 0 Å². The summed E-state index contributed by atoms with van der Waals surface area (Å²) in [4.78, 5) is 0. The van der Waals surface area contributed by atoms with Gasteiger partial charge in [-0.2, -0.15) is 0 Å². The average molecular weight is 257 g/mol. The zero-order valence-corrected chi connectivity index (χ0v) is 12.4. The first-order valence-corrected chi connectivity index (χ1v) is 8.02. The largest absolute Gasteiger partial charge is 0.309 e. The van der Waals surface area contributed by atoms with Gasteiger partial charge in [0.1, 0.15) is 0 Å². The Bertz CT molecular complexity index is 412. The van der Waals surface area contributed by atoms with Crippen molar-refractivity contribution in [2.45, 2.75) is 58.4 Å². The van der Waals surface area contributed by atoms with Crippen LogP contribution in [0.3, 0.4) is 0 Å². The summed E-state index contributed by atoms with van der Waals surface area (Å²) >= 11 is 0. The molecule has 1 aromatic carbocycles. The lowest BCUT2D eigenvalue weighted by Gasteiger charge is -2.23. The van der Waals surface area contributed by atoms with E-state index in [1.54, 1.807) is 0 Å². The lowest BCUT2D eigenvalue weighted by atomic mass is 9.97. The van der Waals surface area contributed by atoms with Crippen LogP contribution in [0.25, 0.3) is 0 Å². The van der Waals surface area contributed by atoms with E-state index in [0.717, 1.165) is 5.92 Å². The molecule has 1 N–H and O–H groups in total. The second-order valence-electron chi connectivity index (χ2n) is 6.86. The molecule has 0 amide bonds. The summed E-state index contributed by atoms with van der Waals surface area (Å²) in [5.41, 5.74) is 3.52. The van der Waals surface area contributed by atoms with E-state index in [4.69, 9.17) is 0 Å². The van der Waals surface area contributed by atoms with Gasteiger partial charge in [-0.1, -0.05) is 43.2 Å². The molecule has 0 radical (unpaired) electrons. The number of nitrogens with one attached hydrogen (secondary N) is 1. The maximum atomic E-state index is 3.91. The van der Waals surface area contributed by atoms with E-state index in [2.05, 4.69) is 43.4 Å². The predicted molar refractivity (Wildman–Crippen MR) is 81.2 cm³/mol. The molecular formula is C18H27N. The maximum Gasteiger partial charge on any atom is 0.0348 e. The second kappa shape index (κ2) is 5.28. The van der Waals surface area contributed by atoms with E-state index in [1.165, 1.54) is 56.2 Å². The molecule has 0 saturated heterocycles. The summed E-state index contributed by atoms with van der Waals surface area (Å²) in [5, 5.41) is 3.91. The van der Waals surface area contributed by atoms with Gasteiger partial charge in [0.05, 0.1) is 0 Å². The van der Waals surface area contributed by atoms with Gasteiger partial charge in [0.15, 0.2) is 0 Å². The highest BCUT2D eigenvalue weighted by Crippen LogP contribution is 2.50. The molecule has 2 aliphatic rings. The summed E-state index contributed by atoms with van der Waals surface area (Å²) in [6.45, 7) is 5.72.